The molecule has 0 saturated heterocycles. The van der Waals surface area contributed by atoms with Crippen molar-refractivity contribution in [2.75, 3.05) is 0 Å². The zero-order valence-electron chi connectivity index (χ0n) is 28.3. The summed E-state index contributed by atoms with van der Waals surface area (Å²) in [5.41, 5.74) is 10.7. The molecule has 0 saturated carbocycles. The Bertz CT molecular complexity index is 2950. The van der Waals surface area contributed by atoms with E-state index in [1.807, 2.05) is 0 Å². The fraction of sp³-hybridized carbons (Fsp3) is 0.0408. The number of imidazole rings is 1. The first-order valence-corrected chi connectivity index (χ1v) is 17.8. The summed E-state index contributed by atoms with van der Waals surface area (Å²) in [4.78, 5) is 5.01. The van der Waals surface area contributed by atoms with Crippen LogP contribution < -0.4 is 0 Å². The minimum absolute atomic E-state index is 0.868. The van der Waals surface area contributed by atoms with Crippen LogP contribution in [0.1, 0.15) is 6.92 Å². The molecular formula is C49H34N2. The molecule has 51 heavy (non-hydrogen) atoms. The van der Waals surface area contributed by atoms with Gasteiger partial charge in [0.2, 0.25) is 0 Å². The van der Waals surface area contributed by atoms with Gasteiger partial charge in [0.1, 0.15) is 5.82 Å². The molecule has 9 aromatic carbocycles. The molecule has 240 valence electrons. The maximum Gasteiger partial charge on any atom is 0.141 e. The molecule has 0 aliphatic heterocycles. The van der Waals surface area contributed by atoms with Crippen LogP contribution in [-0.4, -0.2) is 9.55 Å². The van der Waals surface area contributed by atoms with E-state index in [0.717, 1.165) is 23.4 Å². The van der Waals surface area contributed by atoms with Gasteiger partial charge in [-0.3, -0.25) is 0 Å². The van der Waals surface area contributed by atoms with Gasteiger partial charge in [0.15, 0.2) is 0 Å². The quantitative estimate of drug-likeness (QED) is 0.170. The first-order chi connectivity index (χ1) is 25.2. The van der Waals surface area contributed by atoms with Crippen molar-refractivity contribution in [1.29, 1.82) is 0 Å². The number of hydrogen-bond donors (Lipinski definition) is 0. The van der Waals surface area contributed by atoms with Gasteiger partial charge in [-0.25, -0.2) is 4.98 Å². The van der Waals surface area contributed by atoms with Crippen LogP contribution in [0.2, 0.25) is 0 Å². The number of rotatable bonds is 5. The minimum Gasteiger partial charge on any atom is -0.324 e. The van der Waals surface area contributed by atoms with E-state index in [-0.39, 0.29) is 0 Å². The Morgan fingerprint density at radius 2 is 0.882 bits per heavy atom. The van der Waals surface area contributed by atoms with E-state index in [0.29, 0.717) is 0 Å². The Morgan fingerprint density at radius 3 is 1.53 bits per heavy atom. The minimum atomic E-state index is 0.868. The van der Waals surface area contributed by atoms with E-state index in [4.69, 9.17) is 4.98 Å². The number of benzene rings is 9. The molecule has 0 radical (unpaired) electrons. The summed E-state index contributed by atoms with van der Waals surface area (Å²) in [6, 6.07) is 64.4. The molecule has 0 N–H and O–H groups in total. The molecule has 0 spiro atoms. The molecule has 1 aromatic heterocycles. The molecule has 0 bridgehead atoms. The number of aromatic nitrogens is 2. The maximum atomic E-state index is 5.01. The summed E-state index contributed by atoms with van der Waals surface area (Å²) in [6.45, 7) is 3.05. The van der Waals surface area contributed by atoms with Crippen molar-refractivity contribution < 1.29 is 0 Å². The first-order valence-electron chi connectivity index (χ1n) is 17.8. The second-order valence-electron chi connectivity index (χ2n) is 13.4. The van der Waals surface area contributed by atoms with E-state index in [2.05, 4.69) is 187 Å². The lowest BCUT2D eigenvalue weighted by Gasteiger charge is -2.19. The topological polar surface area (TPSA) is 17.8 Å². The molecule has 0 aliphatic rings. The van der Waals surface area contributed by atoms with Crippen molar-refractivity contribution in [3.8, 4) is 44.8 Å². The Balaban J connectivity index is 1.21. The molecule has 0 amide bonds. The second-order valence-corrected chi connectivity index (χ2v) is 13.4. The largest absolute Gasteiger partial charge is 0.324 e. The zero-order chi connectivity index (χ0) is 33.9. The predicted octanol–water partition coefficient (Wildman–Crippen LogP) is 13.3. The third-order valence-corrected chi connectivity index (χ3v) is 10.5. The van der Waals surface area contributed by atoms with Crippen LogP contribution in [0.4, 0.5) is 0 Å². The van der Waals surface area contributed by atoms with Crippen LogP contribution in [0.15, 0.2) is 176 Å². The van der Waals surface area contributed by atoms with Crippen LogP contribution in [0, 0.1) is 0 Å². The van der Waals surface area contributed by atoms with Crippen molar-refractivity contribution in [2.45, 2.75) is 13.5 Å². The lowest BCUT2D eigenvalue weighted by atomic mass is 9.84. The van der Waals surface area contributed by atoms with E-state index < -0.39 is 0 Å². The summed E-state index contributed by atoms with van der Waals surface area (Å²) >= 11 is 0. The Hall–Kier alpha value is -6.51. The summed E-state index contributed by atoms with van der Waals surface area (Å²) < 4.78 is 2.30. The van der Waals surface area contributed by atoms with Crippen molar-refractivity contribution in [3.63, 3.8) is 0 Å². The van der Waals surface area contributed by atoms with E-state index in [1.54, 1.807) is 0 Å². The Labute approximate surface area is 296 Å². The molecule has 2 nitrogen and oxygen atoms in total. The van der Waals surface area contributed by atoms with E-state index >= 15 is 0 Å². The highest BCUT2D eigenvalue weighted by Gasteiger charge is 2.19. The Morgan fingerprint density at radius 1 is 0.392 bits per heavy atom. The van der Waals surface area contributed by atoms with Gasteiger partial charge < -0.3 is 4.57 Å². The highest BCUT2D eigenvalue weighted by atomic mass is 15.1. The van der Waals surface area contributed by atoms with Gasteiger partial charge in [-0.2, -0.15) is 0 Å². The number of aryl methyl sites for hydroxylation is 1. The van der Waals surface area contributed by atoms with Crippen LogP contribution in [0.3, 0.4) is 0 Å². The average Bonchev–Trinajstić information content (AvgIpc) is 3.58. The standard InChI is InChI=1S/C49H34N2/c1-2-51-46-18-10-9-17-45(46)50-49(51)35-23-19-34(20-24-35)38-27-28-43-44(31-38)48(40-26-22-33-12-4-6-14-37(33)30-40)42-16-8-7-15-41(42)47(43)39-25-21-32-11-3-5-13-36(32)29-39/h3-31H,2H2,1H3. The fourth-order valence-corrected chi connectivity index (χ4v) is 8.10. The smallest absolute Gasteiger partial charge is 0.141 e. The number of fused-ring (bicyclic) bond motifs is 5. The number of nitrogens with zero attached hydrogens (tertiary/aromatic N) is 2. The SMILES string of the molecule is CCn1c(-c2ccc(-c3ccc4c(-c5ccc6ccccc6c5)c5ccccc5c(-c5ccc6ccccc6c5)c4c3)cc2)nc2ccccc21. The van der Waals surface area contributed by atoms with Crippen molar-refractivity contribution >= 4 is 54.1 Å². The highest BCUT2D eigenvalue weighted by molar-refractivity contribution is 6.22. The monoisotopic (exact) mass is 650 g/mol. The lowest BCUT2D eigenvalue weighted by Crippen LogP contribution is -1.97. The third-order valence-electron chi connectivity index (χ3n) is 10.5. The normalized spacial score (nSPS) is 11.7. The molecule has 10 rings (SSSR count). The molecule has 0 fully saturated rings. The first kappa shape index (κ1) is 29.4. The fourth-order valence-electron chi connectivity index (χ4n) is 8.10. The number of para-hydroxylation sites is 2. The molecule has 0 atom stereocenters. The van der Waals surface area contributed by atoms with Crippen molar-refractivity contribution in [1.82, 2.24) is 9.55 Å². The van der Waals surface area contributed by atoms with E-state index in [9.17, 15) is 0 Å². The van der Waals surface area contributed by atoms with Crippen molar-refractivity contribution in [2.24, 2.45) is 0 Å². The van der Waals surface area contributed by atoms with Gasteiger partial charge >= 0.3 is 0 Å². The number of hydrogen-bond acceptors (Lipinski definition) is 1. The van der Waals surface area contributed by atoms with Crippen molar-refractivity contribution in [3.05, 3.63) is 176 Å². The molecule has 0 unspecified atom stereocenters. The molecule has 1 heterocycles. The summed E-state index contributed by atoms with van der Waals surface area (Å²) in [7, 11) is 0. The molecule has 0 aliphatic carbocycles. The molecule has 2 heteroatoms. The summed E-state index contributed by atoms with van der Waals surface area (Å²) in [5, 5.41) is 10.0. The predicted molar refractivity (Wildman–Crippen MR) is 217 cm³/mol. The van der Waals surface area contributed by atoms with Gasteiger partial charge in [0.25, 0.3) is 0 Å². The Kier molecular flexibility index (Phi) is 6.82. The van der Waals surface area contributed by atoms with Crippen LogP contribution >= 0.6 is 0 Å². The van der Waals surface area contributed by atoms with Gasteiger partial charge in [-0.15, -0.1) is 0 Å². The second kappa shape index (κ2) is 11.8. The van der Waals surface area contributed by atoms with Crippen LogP contribution in [0.25, 0.3) is 98.9 Å². The molecule has 10 aromatic rings. The van der Waals surface area contributed by atoms with Gasteiger partial charge in [-0.05, 0) is 114 Å². The lowest BCUT2D eigenvalue weighted by molar-refractivity contribution is 0.796. The van der Waals surface area contributed by atoms with Crippen LogP contribution in [-0.2, 0) is 6.54 Å². The summed E-state index contributed by atoms with van der Waals surface area (Å²) in [5.74, 6) is 1.01. The van der Waals surface area contributed by atoms with Gasteiger partial charge in [-0.1, -0.05) is 146 Å². The van der Waals surface area contributed by atoms with Crippen LogP contribution in [0.5, 0.6) is 0 Å². The third kappa shape index (κ3) is 4.83. The van der Waals surface area contributed by atoms with E-state index in [1.165, 1.54) is 82.0 Å². The highest BCUT2D eigenvalue weighted by Crippen LogP contribution is 2.45. The zero-order valence-corrected chi connectivity index (χ0v) is 28.3. The molecular weight excluding hydrogens is 617 g/mol. The van der Waals surface area contributed by atoms with Gasteiger partial charge in [0, 0.05) is 12.1 Å². The maximum absolute atomic E-state index is 5.01. The average molecular weight is 651 g/mol. The van der Waals surface area contributed by atoms with Gasteiger partial charge in [0.05, 0.1) is 11.0 Å². The summed E-state index contributed by atoms with van der Waals surface area (Å²) in [6.07, 6.45) is 0.